The topological polar surface area (TPSA) is 152 Å². The minimum atomic E-state index is -1.58. The standard InChI is InChI=1S/C30H56O10/c1-3-5-7-9-11-13-15-17-19-26(33)39-23(21-37-25(32)18-16-14-12-10-8-6-4-2)22-38-30-29(36)28(35)27(34)24(20-31)40-30/h23-24,27-31,34-36H,3-22H2,1-2H3/t23-,24-,27+,28?,29?,30-/m1/s1. The van der Waals surface area contributed by atoms with Crippen molar-refractivity contribution in [3.63, 3.8) is 0 Å². The zero-order valence-electron chi connectivity index (χ0n) is 24.8. The van der Waals surface area contributed by atoms with Crippen molar-refractivity contribution in [1.29, 1.82) is 0 Å². The molecule has 10 heteroatoms. The number of unbranched alkanes of at least 4 members (excludes halogenated alkanes) is 13. The number of aliphatic hydroxyl groups excluding tert-OH is 4. The minimum Gasteiger partial charge on any atom is -0.462 e. The SMILES string of the molecule is CCCCCCCCCCC(=O)O[C@H](COC(=O)CCCCCCCCC)CO[C@@H]1O[C@H](CO)[C@H](O)C(O)C1O. The van der Waals surface area contributed by atoms with Crippen molar-refractivity contribution < 1.29 is 49.0 Å². The predicted octanol–water partition coefficient (Wildman–Crippen LogP) is 3.93. The molecule has 40 heavy (non-hydrogen) atoms. The zero-order valence-corrected chi connectivity index (χ0v) is 24.8. The van der Waals surface area contributed by atoms with Crippen LogP contribution in [0.25, 0.3) is 0 Å². The Morgan fingerprint density at radius 1 is 0.675 bits per heavy atom. The number of aliphatic hydroxyl groups is 4. The molecule has 1 saturated heterocycles. The Hall–Kier alpha value is -1.30. The fraction of sp³-hybridized carbons (Fsp3) is 0.933. The Morgan fingerprint density at radius 3 is 1.70 bits per heavy atom. The highest BCUT2D eigenvalue weighted by atomic mass is 16.7. The average molecular weight is 577 g/mol. The van der Waals surface area contributed by atoms with Gasteiger partial charge in [0.15, 0.2) is 12.4 Å². The molecule has 1 fully saturated rings. The van der Waals surface area contributed by atoms with Gasteiger partial charge in [0.1, 0.15) is 31.0 Å². The summed E-state index contributed by atoms with van der Waals surface area (Å²) in [7, 11) is 0. The Balaban J connectivity index is 2.51. The number of rotatable bonds is 24. The highest BCUT2D eigenvalue weighted by Gasteiger charge is 2.44. The molecular formula is C30H56O10. The Kier molecular flexibility index (Phi) is 21.4. The first-order valence-corrected chi connectivity index (χ1v) is 15.6. The van der Waals surface area contributed by atoms with Gasteiger partial charge in [0.25, 0.3) is 0 Å². The first kappa shape index (κ1) is 36.7. The molecule has 1 aliphatic heterocycles. The maximum Gasteiger partial charge on any atom is 0.306 e. The zero-order chi connectivity index (χ0) is 29.6. The van der Waals surface area contributed by atoms with E-state index in [2.05, 4.69) is 13.8 Å². The summed E-state index contributed by atoms with van der Waals surface area (Å²) in [6.07, 6.45) is 8.74. The van der Waals surface area contributed by atoms with Crippen LogP contribution in [0.15, 0.2) is 0 Å². The summed E-state index contributed by atoms with van der Waals surface area (Å²) in [5.74, 6) is -0.818. The molecule has 1 aliphatic rings. The maximum atomic E-state index is 12.5. The average Bonchev–Trinajstić information content (AvgIpc) is 2.95. The number of esters is 2. The second-order valence-electron chi connectivity index (χ2n) is 10.9. The van der Waals surface area contributed by atoms with Crippen LogP contribution in [0.2, 0.25) is 0 Å². The van der Waals surface area contributed by atoms with Crippen molar-refractivity contribution in [2.75, 3.05) is 19.8 Å². The molecule has 0 aromatic heterocycles. The largest absolute Gasteiger partial charge is 0.462 e. The molecule has 0 saturated carbocycles. The second kappa shape index (κ2) is 23.3. The molecule has 0 bridgehead atoms. The molecule has 0 spiro atoms. The normalized spacial score (nSPS) is 23.6. The predicted molar refractivity (Wildman–Crippen MR) is 150 cm³/mol. The van der Waals surface area contributed by atoms with Crippen LogP contribution in [0.4, 0.5) is 0 Å². The number of ether oxygens (including phenoxy) is 4. The summed E-state index contributed by atoms with van der Waals surface area (Å²) < 4.78 is 21.8. The first-order chi connectivity index (χ1) is 19.3. The lowest BCUT2D eigenvalue weighted by Crippen LogP contribution is -2.59. The van der Waals surface area contributed by atoms with E-state index in [0.29, 0.717) is 6.42 Å². The van der Waals surface area contributed by atoms with E-state index in [1.165, 1.54) is 44.9 Å². The van der Waals surface area contributed by atoms with Gasteiger partial charge in [-0.05, 0) is 12.8 Å². The summed E-state index contributed by atoms with van der Waals surface area (Å²) in [4.78, 5) is 24.8. The molecule has 4 N–H and O–H groups in total. The van der Waals surface area contributed by atoms with E-state index >= 15 is 0 Å². The summed E-state index contributed by atoms with van der Waals surface area (Å²) in [6.45, 7) is 3.29. The third-order valence-corrected chi connectivity index (χ3v) is 7.24. The molecule has 0 amide bonds. The van der Waals surface area contributed by atoms with Gasteiger partial charge in [-0.15, -0.1) is 0 Å². The van der Waals surface area contributed by atoms with Crippen molar-refractivity contribution in [2.24, 2.45) is 0 Å². The molecule has 2 unspecified atom stereocenters. The fourth-order valence-electron chi connectivity index (χ4n) is 4.66. The molecule has 10 nitrogen and oxygen atoms in total. The lowest BCUT2D eigenvalue weighted by atomic mass is 9.99. The lowest BCUT2D eigenvalue weighted by molar-refractivity contribution is -0.305. The van der Waals surface area contributed by atoms with Crippen LogP contribution in [-0.2, 0) is 28.5 Å². The number of hydrogen-bond donors (Lipinski definition) is 4. The third-order valence-electron chi connectivity index (χ3n) is 7.24. The van der Waals surface area contributed by atoms with E-state index in [1.807, 2.05) is 0 Å². The van der Waals surface area contributed by atoms with Gasteiger partial charge >= 0.3 is 11.9 Å². The van der Waals surface area contributed by atoms with Gasteiger partial charge in [0.05, 0.1) is 13.2 Å². The maximum absolute atomic E-state index is 12.5. The smallest absolute Gasteiger partial charge is 0.306 e. The molecule has 0 radical (unpaired) electrons. The highest BCUT2D eigenvalue weighted by Crippen LogP contribution is 2.22. The van der Waals surface area contributed by atoms with E-state index in [0.717, 1.165) is 44.9 Å². The quantitative estimate of drug-likeness (QED) is 0.0982. The van der Waals surface area contributed by atoms with Gasteiger partial charge in [-0.2, -0.15) is 0 Å². The van der Waals surface area contributed by atoms with E-state index < -0.39 is 49.4 Å². The van der Waals surface area contributed by atoms with Gasteiger partial charge in [-0.1, -0.05) is 97.3 Å². The van der Waals surface area contributed by atoms with Gasteiger partial charge in [-0.25, -0.2) is 0 Å². The summed E-state index contributed by atoms with van der Waals surface area (Å²) in [6, 6.07) is 0. The highest BCUT2D eigenvalue weighted by molar-refractivity contribution is 5.70. The van der Waals surface area contributed by atoms with E-state index in [9.17, 15) is 30.0 Å². The minimum absolute atomic E-state index is 0.212. The van der Waals surface area contributed by atoms with Crippen molar-refractivity contribution in [3.05, 3.63) is 0 Å². The summed E-state index contributed by atoms with van der Waals surface area (Å²) in [5, 5.41) is 39.6. The van der Waals surface area contributed by atoms with Crippen LogP contribution in [-0.4, -0.2) is 89.0 Å². The molecule has 0 aromatic carbocycles. The number of carbonyl (C=O) groups excluding carboxylic acids is 2. The van der Waals surface area contributed by atoms with Crippen molar-refractivity contribution >= 4 is 11.9 Å². The van der Waals surface area contributed by atoms with Crippen LogP contribution < -0.4 is 0 Å². The third kappa shape index (κ3) is 16.2. The molecule has 0 aliphatic carbocycles. The Bertz CT molecular complexity index is 644. The first-order valence-electron chi connectivity index (χ1n) is 15.6. The van der Waals surface area contributed by atoms with E-state index in [1.54, 1.807) is 0 Å². The van der Waals surface area contributed by atoms with Crippen molar-refractivity contribution in [1.82, 2.24) is 0 Å². The van der Waals surface area contributed by atoms with Crippen LogP contribution in [0, 0.1) is 0 Å². The molecule has 0 aromatic rings. The van der Waals surface area contributed by atoms with Crippen molar-refractivity contribution in [2.45, 2.75) is 160 Å². The molecule has 1 rings (SSSR count). The van der Waals surface area contributed by atoms with Crippen molar-refractivity contribution in [3.8, 4) is 0 Å². The van der Waals surface area contributed by atoms with Gasteiger partial charge < -0.3 is 39.4 Å². The van der Waals surface area contributed by atoms with E-state index in [4.69, 9.17) is 18.9 Å². The number of carbonyl (C=O) groups is 2. The van der Waals surface area contributed by atoms with Gasteiger partial charge in [0.2, 0.25) is 0 Å². The molecule has 236 valence electrons. The number of hydrogen-bond acceptors (Lipinski definition) is 10. The Morgan fingerprint density at radius 2 is 1.18 bits per heavy atom. The van der Waals surface area contributed by atoms with Crippen LogP contribution in [0.3, 0.4) is 0 Å². The fourth-order valence-corrected chi connectivity index (χ4v) is 4.66. The van der Waals surface area contributed by atoms with Crippen LogP contribution >= 0.6 is 0 Å². The summed E-state index contributed by atoms with van der Waals surface area (Å²) in [5.41, 5.74) is 0. The lowest BCUT2D eigenvalue weighted by Gasteiger charge is -2.39. The van der Waals surface area contributed by atoms with Gasteiger partial charge in [-0.3, -0.25) is 9.59 Å². The second-order valence-corrected chi connectivity index (χ2v) is 10.9. The monoisotopic (exact) mass is 576 g/mol. The van der Waals surface area contributed by atoms with Crippen LogP contribution in [0.5, 0.6) is 0 Å². The van der Waals surface area contributed by atoms with E-state index in [-0.39, 0.29) is 32.0 Å². The summed E-state index contributed by atoms with van der Waals surface area (Å²) >= 11 is 0. The molecular weight excluding hydrogens is 520 g/mol. The van der Waals surface area contributed by atoms with Gasteiger partial charge in [0, 0.05) is 12.8 Å². The van der Waals surface area contributed by atoms with Crippen LogP contribution in [0.1, 0.15) is 123 Å². The molecule has 6 atom stereocenters. The Labute approximate surface area is 240 Å². The molecule has 1 heterocycles.